The minimum absolute atomic E-state index is 0.205. The molecule has 0 radical (unpaired) electrons. The number of imidazole rings is 1. The van der Waals surface area contributed by atoms with Crippen LogP contribution in [0.15, 0.2) is 12.7 Å². The molecule has 1 aliphatic rings. The number of nitrogens with two attached hydrogens (primary N) is 1. The summed E-state index contributed by atoms with van der Waals surface area (Å²) in [6.45, 7) is -0.962. The quantitative estimate of drug-likeness (QED) is 0.528. The number of ether oxygens (including phenoxy) is 1. The molecule has 20 heavy (non-hydrogen) atoms. The van der Waals surface area contributed by atoms with Crippen LogP contribution in [-0.2, 0) is 4.74 Å². The van der Waals surface area contributed by atoms with E-state index in [-0.39, 0.29) is 12.2 Å². The van der Waals surface area contributed by atoms with Crippen molar-refractivity contribution >= 4 is 17.0 Å². The van der Waals surface area contributed by atoms with Crippen LogP contribution >= 0.6 is 0 Å². The van der Waals surface area contributed by atoms with Gasteiger partial charge in [0.1, 0.15) is 23.7 Å². The number of aliphatic hydroxyl groups excluding tert-OH is 3. The molecular formula is C11H15N5O4. The minimum Gasteiger partial charge on any atom is -0.393 e. The number of rotatable bonds is 3. The van der Waals surface area contributed by atoms with Gasteiger partial charge in [0.05, 0.1) is 25.6 Å². The van der Waals surface area contributed by atoms with Gasteiger partial charge < -0.3 is 25.8 Å². The third-order valence-corrected chi connectivity index (χ3v) is 3.64. The van der Waals surface area contributed by atoms with Gasteiger partial charge in [-0.2, -0.15) is 0 Å². The highest BCUT2D eigenvalue weighted by molar-refractivity contribution is 5.81. The molecule has 1 saturated heterocycles. The number of nitrogens with zero attached hydrogens (tertiary/aromatic N) is 4. The van der Waals surface area contributed by atoms with E-state index in [2.05, 4.69) is 15.0 Å². The smallest absolute Gasteiger partial charge is 0.167 e. The third kappa shape index (κ3) is 1.75. The highest BCUT2D eigenvalue weighted by Gasteiger charge is 2.48. The molecule has 5 N–H and O–H groups in total. The fourth-order valence-electron chi connectivity index (χ4n) is 2.39. The SMILES string of the molecule is Nc1ncnc2c1ncn2[C@H]1CC(O)C(CO)(CO)O1. The number of hydrogen-bond acceptors (Lipinski definition) is 8. The molecule has 1 fully saturated rings. The zero-order valence-corrected chi connectivity index (χ0v) is 10.5. The van der Waals surface area contributed by atoms with Crippen molar-refractivity contribution in [3.8, 4) is 0 Å². The Balaban J connectivity index is 1.99. The van der Waals surface area contributed by atoms with Crippen molar-refractivity contribution in [1.82, 2.24) is 19.5 Å². The lowest BCUT2D eigenvalue weighted by Crippen LogP contribution is -2.46. The molecule has 3 rings (SSSR count). The van der Waals surface area contributed by atoms with Gasteiger partial charge in [-0.25, -0.2) is 15.0 Å². The number of hydrogen-bond donors (Lipinski definition) is 4. The average molecular weight is 281 g/mol. The molecule has 3 heterocycles. The Kier molecular flexibility index (Phi) is 3.05. The van der Waals surface area contributed by atoms with Gasteiger partial charge in [0.25, 0.3) is 0 Å². The van der Waals surface area contributed by atoms with Crippen molar-refractivity contribution in [2.24, 2.45) is 0 Å². The topological polar surface area (TPSA) is 140 Å². The van der Waals surface area contributed by atoms with Crippen molar-refractivity contribution in [1.29, 1.82) is 0 Å². The minimum atomic E-state index is -1.38. The molecule has 2 aromatic rings. The summed E-state index contributed by atoms with van der Waals surface area (Å²) in [4.78, 5) is 12.1. The lowest BCUT2D eigenvalue weighted by molar-refractivity contribution is -0.148. The van der Waals surface area contributed by atoms with Gasteiger partial charge in [-0.1, -0.05) is 0 Å². The lowest BCUT2D eigenvalue weighted by atomic mass is 9.99. The number of anilines is 1. The monoisotopic (exact) mass is 281 g/mol. The molecule has 1 unspecified atom stereocenters. The number of aromatic nitrogens is 4. The first-order valence-corrected chi connectivity index (χ1v) is 6.12. The highest BCUT2D eigenvalue weighted by atomic mass is 16.6. The van der Waals surface area contributed by atoms with Crippen molar-refractivity contribution in [3.05, 3.63) is 12.7 Å². The second-order valence-electron chi connectivity index (χ2n) is 4.79. The van der Waals surface area contributed by atoms with Crippen LogP contribution < -0.4 is 5.73 Å². The summed E-state index contributed by atoms with van der Waals surface area (Å²) in [5.41, 5.74) is 5.24. The zero-order valence-electron chi connectivity index (χ0n) is 10.5. The molecule has 0 bridgehead atoms. The molecule has 0 spiro atoms. The summed E-state index contributed by atoms with van der Waals surface area (Å²) in [6, 6.07) is 0. The van der Waals surface area contributed by atoms with Gasteiger partial charge in [0.15, 0.2) is 11.5 Å². The second kappa shape index (κ2) is 4.63. The van der Waals surface area contributed by atoms with E-state index in [0.717, 1.165) is 0 Å². The maximum atomic E-state index is 10.00. The normalized spacial score (nSPS) is 25.4. The molecule has 1 aliphatic heterocycles. The van der Waals surface area contributed by atoms with E-state index in [9.17, 15) is 15.3 Å². The zero-order chi connectivity index (χ0) is 14.3. The standard InChI is InChI=1S/C11H15N5O4/c12-9-8-10(14-4-13-9)16(5-15-8)7-1-6(19)11(2-17,3-18)20-7/h4-7,17-19H,1-3H2,(H2,12,13,14)/t6?,7-/m1/s1. The van der Waals surface area contributed by atoms with E-state index >= 15 is 0 Å². The Labute approximate surface area is 113 Å². The first-order chi connectivity index (χ1) is 9.61. The second-order valence-corrected chi connectivity index (χ2v) is 4.79. The number of aliphatic hydroxyl groups is 3. The first kappa shape index (κ1) is 13.2. The van der Waals surface area contributed by atoms with Gasteiger partial charge >= 0.3 is 0 Å². The maximum absolute atomic E-state index is 10.00. The van der Waals surface area contributed by atoms with Crippen LogP contribution in [0.5, 0.6) is 0 Å². The third-order valence-electron chi connectivity index (χ3n) is 3.64. The van der Waals surface area contributed by atoms with E-state index in [0.29, 0.717) is 11.2 Å². The largest absolute Gasteiger partial charge is 0.393 e. The maximum Gasteiger partial charge on any atom is 0.167 e. The van der Waals surface area contributed by atoms with E-state index < -0.39 is 31.1 Å². The first-order valence-electron chi connectivity index (χ1n) is 6.12. The molecule has 0 aliphatic carbocycles. The fraction of sp³-hybridized carbons (Fsp3) is 0.545. The molecule has 2 aromatic heterocycles. The van der Waals surface area contributed by atoms with Crippen LogP contribution in [0.25, 0.3) is 11.2 Å². The molecule has 0 aromatic carbocycles. The van der Waals surface area contributed by atoms with Crippen molar-refractivity contribution in [3.63, 3.8) is 0 Å². The van der Waals surface area contributed by atoms with E-state index in [1.54, 1.807) is 4.57 Å². The van der Waals surface area contributed by atoms with Gasteiger partial charge in [-0.3, -0.25) is 4.57 Å². The molecule has 2 atom stereocenters. The van der Waals surface area contributed by atoms with Gasteiger partial charge in [0.2, 0.25) is 0 Å². The summed E-state index contributed by atoms with van der Waals surface area (Å²) in [7, 11) is 0. The Morgan fingerprint density at radius 1 is 1.35 bits per heavy atom. The Hall–Kier alpha value is -1.81. The van der Waals surface area contributed by atoms with Crippen LogP contribution in [0, 0.1) is 0 Å². The van der Waals surface area contributed by atoms with Gasteiger partial charge in [-0.15, -0.1) is 0 Å². The van der Waals surface area contributed by atoms with Crippen molar-refractivity contribution in [2.75, 3.05) is 18.9 Å². The van der Waals surface area contributed by atoms with Crippen LogP contribution in [0.1, 0.15) is 12.6 Å². The molecule has 108 valence electrons. The Morgan fingerprint density at radius 2 is 2.10 bits per heavy atom. The van der Waals surface area contributed by atoms with Gasteiger partial charge in [0, 0.05) is 6.42 Å². The van der Waals surface area contributed by atoms with E-state index in [1.807, 2.05) is 0 Å². The lowest BCUT2D eigenvalue weighted by Gasteiger charge is -2.27. The number of nitrogen functional groups attached to an aromatic ring is 1. The van der Waals surface area contributed by atoms with E-state index in [4.69, 9.17) is 10.5 Å². The summed E-state index contributed by atoms with van der Waals surface area (Å²) in [5.74, 6) is 0.253. The molecule has 0 amide bonds. The average Bonchev–Trinajstić information content (AvgIpc) is 3.01. The van der Waals surface area contributed by atoms with Crippen LogP contribution in [-0.4, -0.2) is 59.8 Å². The highest BCUT2D eigenvalue weighted by Crippen LogP contribution is 2.37. The van der Waals surface area contributed by atoms with Crippen LogP contribution in [0.4, 0.5) is 5.82 Å². The molecule has 9 heteroatoms. The van der Waals surface area contributed by atoms with Gasteiger partial charge in [-0.05, 0) is 0 Å². The van der Waals surface area contributed by atoms with E-state index in [1.165, 1.54) is 12.7 Å². The van der Waals surface area contributed by atoms with Crippen LogP contribution in [0.2, 0.25) is 0 Å². The fourth-order valence-corrected chi connectivity index (χ4v) is 2.39. The number of fused-ring (bicyclic) bond motifs is 1. The van der Waals surface area contributed by atoms with Crippen molar-refractivity contribution < 1.29 is 20.1 Å². The molecule has 9 nitrogen and oxygen atoms in total. The summed E-state index contributed by atoms with van der Waals surface area (Å²) in [6.07, 6.45) is 1.42. The summed E-state index contributed by atoms with van der Waals surface area (Å²) < 4.78 is 7.22. The Bertz CT molecular complexity index is 626. The molecule has 0 saturated carbocycles. The molecular weight excluding hydrogens is 266 g/mol. The predicted molar refractivity (Wildman–Crippen MR) is 67.4 cm³/mol. The summed E-state index contributed by atoms with van der Waals surface area (Å²) in [5, 5.41) is 28.7. The van der Waals surface area contributed by atoms with Crippen LogP contribution in [0.3, 0.4) is 0 Å². The predicted octanol–water partition coefficient (Wildman–Crippen LogP) is -1.59. The Morgan fingerprint density at radius 3 is 2.75 bits per heavy atom. The summed E-state index contributed by atoms with van der Waals surface area (Å²) >= 11 is 0. The van der Waals surface area contributed by atoms with Crippen molar-refractivity contribution in [2.45, 2.75) is 24.4 Å².